The standard InChI is InChI=1S/C10H10BrClN2O2S/c1-7(5-13)6-14-17(15,16)10-3-2-8(11)4-9(10)12/h2-4,7,14H,6H2,1H3. The maximum Gasteiger partial charge on any atom is 0.242 e. The van der Waals surface area contributed by atoms with Crippen LogP contribution in [0.4, 0.5) is 0 Å². The Balaban J connectivity index is 2.95. The van der Waals surface area contributed by atoms with E-state index < -0.39 is 10.0 Å². The van der Waals surface area contributed by atoms with Crippen LogP contribution in [0.25, 0.3) is 0 Å². The molecule has 4 nitrogen and oxygen atoms in total. The van der Waals surface area contributed by atoms with Crippen LogP contribution in [0.1, 0.15) is 6.92 Å². The largest absolute Gasteiger partial charge is 0.242 e. The van der Waals surface area contributed by atoms with E-state index >= 15 is 0 Å². The van der Waals surface area contributed by atoms with Gasteiger partial charge in [0, 0.05) is 11.0 Å². The fourth-order valence-corrected chi connectivity index (χ4v) is 3.22. The van der Waals surface area contributed by atoms with Gasteiger partial charge in [-0.1, -0.05) is 27.5 Å². The Morgan fingerprint density at radius 3 is 2.76 bits per heavy atom. The van der Waals surface area contributed by atoms with E-state index in [4.69, 9.17) is 16.9 Å². The average Bonchev–Trinajstić information content (AvgIpc) is 2.25. The molecule has 0 spiro atoms. The Bertz CT molecular complexity index is 554. The summed E-state index contributed by atoms with van der Waals surface area (Å²) in [5, 5.41) is 8.71. The molecular formula is C10H10BrClN2O2S. The van der Waals surface area contributed by atoms with Gasteiger partial charge in [-0.25, -0.2) is 13.1 Å². The van der Waals surface area contributed by atoms with Gasteiger partial charge in [-0.05, 0) is 25.1 Å². The third-order valence-corrected chi connectivity index (χ3v) is 4.38. The Hall–Kier alpha value is -0.610. The summed E-state index contributed by atoms with van der Waals surface area (Å²) in [5.74, 6) is -0.390. The quantitative estimate of drug-likeness (QED) is 0.918. The van der Waals surface area contributed by atoms with Gasteiger partial charge >= 0.3 is 0 Å². The molecule has 0 heterocycles. The third-order valence-electron chi connectivity index (χ3n) is 1.98. The zero-order valence-corrected chi connectivity index (χ0v) is 12.1. The summed E-state index contributed by atoms with van der Waals surface area (Å²) in [6.45, 7) is 1.69. The molecule has 0 aliphatic carbocycles. The normalized spacial score (nSPS) is 13.1. The zero-order chi connectivity index (χ0) is 13.1. The lowest BCUT2D eigenvalue weighted by Gasteiger charge is -2.09. The lowest BCUT2D eigenvalue weighted by molar-refractivity contribution is 0.573. The molecule has 1 aromatic carbocycles. The minimum absolute atomic E-state index is 0.00695. The lowest BCUT2D eigenvalue weighted by Crippen LogP contribution is -2.28. The fourth-order valence-electron chi connectivity index (χ4n) is 1.05. The van der Waals surface area contributed by atoms with Gasteiger partial charge < -0.3 is 0 Å². The third kappa shape index (κ3) is 3.96. The molecular weight excluding hydrogens is 328 g/mol. The number of hydrogen-bond donors (Lipinski definition) is 1. The van der Waals surface area contributed by atoms with E-state index in [1.807, 2.05) is 6.07 Å². The van der Waals surface area contributed by atoms with Crippen molar-refractivity contribution in [1.82, 2.24) is 4.72 Å². The Morgan fingerprint density at radius 1 is 1.59 bits per heavy atom. The molecule has 1 rings (SSSR count). The molecule has 0 radical (unpaired) electrons. The van der Waals surface area contributed by atoms with Crippen LogP contribution in [-0.2, 0) is 10.0 Å². The van der Waals surface area contributed by atoms with Gasteiger partial charge in [-0.2, -0.15) is 5.26 Å². The van der Waals surface area contributed by atoms with Crippen molar-refractivity contribution in [2.45, 2.75) is 11.8 Å². The second-order valence-corrected chi connectivity index (χ2v) is 6.52. The smallest absolute Gasteiger partial charge is 0.210 e. The van der Waals surface area contributed by atoms with Crippen molar-refractivity contribution in [3.05, 3.63) is 27.7 Å². The highest BCUT2D eigenvalue weighted by molar-refractivity contribution is 9.10. The number of sulfonamides is 1. The summed E-state index contributed by atoms with van der Waals surface area (Å²) in [4.78, 5) is 0.00695. The predicted octanol–water partition coefficient (Wildman–Crippen LogP) is 2.54. The minimum atomic E-state index is -3.67. The van der Waals surface area contributed by atoms with E-state index in [2.05, 4.69) is 20.7 Å². The zero-order valence-electron chi connectivity index (χ0n) is 8.94. The maximum atomic E-state index is 11.9. The van der Waals surface area contributed by atoms with Crippen LogP contribution < -0.4 is 4.72 Å². The van der Waals surface area contributed by atoms with Gasteiger partial charge in [0.2, 0.25) is 10.0 Å². The van der Waals surface area contributed by atoms with E-state index in [9.17, 15) is 8.42 Å². The van der Waals surface area contributed by atoms with Crippen molar-refractivity contribution < 1.29 is 8.42 Å². The van der Waals surface area contributed by atoms with E-state index in [1.165, 1.54) is 12.1 Å². The van der Waals surface area contributed by atoms with Crippen LogP contribution >= 0.6 is 27.5 Å². The molecule has 1 N–H and O–H groups in total. The molecule has 17 heavy (non-hydrogen) atoms. The van der Waals surface area contributed by atoms with Crippen molar-refractivity contribution in [3.63, 3.8) is 0 Å². The second-order valence-electron chi connectivity index (χ2n) is 3.46. The summed E-state index contributed by atoms with van der Waals surface area (Å²) in [6, 6.07) is 6.45. The van der Waals surface area contributed by atoms with Crippen molar-refractivity contribution in [2.24, 2.45) is 5.92 Å². The molecule has 1 unspecified atom stereocenters. The summed E-state index contributed by atoms with van der Waals surface area (Å²) < 4.78 is 26.8. The number of benzene rings is 1. The number of hydrogen-bond acceptors (Lipinski definition) is 3. The first-order valence-corrected chi connectivity index (χ1v) is 7.36. The first kappa shape index (κ1) is 14.5. The van der Waals surface area contributed by atoms with Crippen LogP contribution in [0.15, 0.2) is 27.6 Å². The minimum Gasteiger partial charge on any atom is -0.210 e. The monoisotopic (exact) mass is 336 g/mol. The molecule has 0 aliphatic rings. The van der Waals surface area contributed by atoms with Gasteiger partial charge in [-0.15, -0.1) is 0 Å². The second kappa shape index (κ2) is 5.83. The van der Waals surface area contributed by atoms with Crippen molar-refractivity contribution in [3.8, 4) is 6.07 Å². The molecule has 7 heteroatoms. The van der Waals surface area contributed by atoms with E-state index in [0.717, 1.165) is 0 Å². The fraction of sp³-hybridized carbons (Fsp3) is 0.300. The number of nitrogens with zero attached hydrogens (tertiary/aromatic N) is 1. The Kier molecular flexibility index (Phi) is 4.95. The summed E-state index contributed by atoms with van der Waals surface area (Å²) >= 11 is 9.04. The summed E-state index contributed by atoms with van der Waals surface area (Å²) in [5.41, 5.74) is 0. The highest BCUT2D eigenvalue weighted by atomic mass is 79.9. The highest BCUT2D eigenvalue weighted by Crippen LogP contribution is 2.24. The topological polar surface area (TPSA) is 70.0 Å². The van der Waals surface area contributed by atoms with Crippen LogP contribution in [0.2, 0.25) is 5.02 Å². The van der Waals surface area contributed by atoms with Crippen molar-refractivity contribution in [2.75, 3.05) is 6.54 Å². The summed E-state index contributed by atoms with van der Waals surface area (Å²) in [7, 11) is -3.67. The van der Waals surface area contributed by atoms with Gasteiger partial charge in [0.05, 0.1) is 17.0 Å². The summed E-state index contributed by atoms with van der Waals surface area (Å²) in [6.07, 6.45) is 0. The first-order chi connectivity index (χ1) is 7.86. The van der Waals surface area contributed by atoms with Crippen LogP contribution in [0, 0.1) is 17.2 Å². The Labute approximate surface area is 114 Å². The van der Waals surface area contributed by atoms with Gasteiger partial charge in [0.25, 0.3) is 0 Å². The van der Waals surface area contributed by atoms with E-state index in [0.29, 0.717) is 4.47 Å². The van der Waals surface area contributed by atoms with Gasteiger partial charge in [0.15, 0.2) is 0 Å². The number of halogens is 2. The molecule has 0 fully saturated rings. The van der Waals surface area contributed by atoms with Crippen LogP contribution in [0.3, 0.4) is 0 Å². The molecule has 0 aromatic heterocycles. The predicted molar refractivity (Wildman–Crippen MR) is 69.1 cm³/mol. The molecule has 0 aliphatic heterocycles. The number of nitrogens with one attached hydrogen (secondary N) is 1. The van der Waals surface area contributed by atoms with Crippen molar-refractivity contribution >= 4 is 37.6 Å². The maximum absolute atomic E-state index is 11.9. The van der Waals surface area contributed by atoms with Gasteiger partial charge in [0.1, 0.15) is 4.90 Å². The molecule has 0 amide bonds. The first-order valence-electron chi connectivity index (χ1n) is 4.71. The average molecular weight is 338 g/mol. The molecule has 0 bridgehead atoms. The van der Waals surface area contributed by atoms with E-state index in [1.54, 1.807) is 13.0 Å². The number of rotatable bonds is 4. The molecule has 92 valence electrons. The van der Waals surface area contributed by atoms with Crippen molar-refractivity contribution in [1.29, 1.82) is 5.26 Å². The molecule has 1 aromatic rings. The number of nitriles is 1. The highest BCUT2D eigenvalue weighted by Gasteiger charge is 2.18. The van der Waals surface area contributed by atoms with Crippen LogP contribution in [0.5, 0.6) is 0 Å². The lowest BCUT2D eigenvalue weighted by atomic mass is 10.2. The van der Waals surface area contributed by atoms with E-state index in [-0.39, 0.29) is 22.4 Å². The molecule has 0 saturated heterocycles. The molecule has 1 atom stereocenters. The van der Waals surface area contributed by atoms with Crippen LogP contribution in [-0.4, -0.2) is 15.0 Å². The van der Waals surface area contributed by atoms with Gasteiger partial charge in [-0.3, -0.25) is 0 Å². The Morgan fingerprint density at radius 2 is 2.24 bits per heavy atom. The SMILES string of the molecule is CC(C#N)CNS(=O)(=O)c1ccc(Br)cc1Cl. The molecule has 0 saturated carbocycles.